The molecule has 0 bridgehead atoms. The van der Waals surface area contributed by atoms with Crippen LogP contribution >= 0.6 is 0 Å². The van der Waals surface area contributed by atoms with E-state index in [-0.39, 0.29) is 12.0 Å². The molecule has 1 heterocycles. The Balaban J connectivity index is 3.09. The summed E-state index contributed by atoms with van der Waals surface area (Å²) in [7, 11) is 0. The lowest BCUT2D eigenvalue weighted by atomic mass is 9.83. The van der Waals surface area contributed by atoms with Crippen LogP contribution in [0.4, 0.5) is 5.82 Å². The smallest absolute Gasteiger partial charge is 0.321 e. The Morgan fingerprint density at radius 1 is 1.21 bits per heavy atom. The highest BCUT2D eigenvalue weighted by Gasteiger charge is 2.37. The van der Waals surface area contributed by atoms with Crippen molar-refractivity contribution in [2.75, 3.05) is 5.32 Å². The first kappa shape index (κ1) is 23.6. The zero-order chi connectivity index (χ0) is 21.5. The lowest BCUT2D eigenvalue weighted by Crippen LogP contribution is -2.33. The Morgan fingerprint density at radius 3 is 2.29 bits per heavy atom. The van der Waals surface area contributed by atoms with Gasteiger partial charge in [-0.15, -0.1) is 0 Å². The molecule has 1 aromatic heterocycles. The van der Waals surface area contributed by atoms with Crippen LogP contribution in [-0.4, -0.2) is 34.0 Å². The molecule has 0 saturated carbocycles. The summed E-state index contributed by atoms with van der Waals surface area (Å²) < 4.78 is 5.29. The molecule has 0 spiro atoms. The zero-order valence-corrected chi connectivity index (χ0v) is 17.6. The number of ether oxygens (including phenoxy) is 1. The first-order chi connectivity index (χ1) is 13.0. The maximum atomic E-state index is 12.5. The van der Waals surface area contributed by atoms with Crippen LogP contribution in [0, 0.1) is 11.3 Å². The van der Waals surface area contributed by atoms with Crippen molar-refractivity contribution >= 4 is 23.7 Å². The van der Waals surface area contributed by atoms with Gasteiger partial charge < -0.3 is 15.2 Å². The van der Waals surface area contributed by atoms with Crippen molar-refractivity contribution < 1.29 is 24.2 Å². The maximum Gasteiger partial charge on any atom is 0.321 e. The highest BCUT2D eigenvalue weighted by Crippen LogP contribution is 2.31. The number of nitrogens with zero attached hydrogens (tertiary/aromatic N) is 1. The van der Waals surface area contributed by atoms with Crippen LogP contribution < -0.4 is 5.32 Å². The van der Waals surface area contributed by atoms with Crippen LogP contribution in [0.1, 0.15) is 72.3 Å². The average molecular weight is 392 g/mol. The molecular formula is C21H32N2O5. The van der Waals surface area contributed by atoms with Crippen molar-refractivity contribution in [3.8, 4) is 0 Å². The predicted molar refractivity (Wildman–Crippen MR) is 107 cm³/mol. The van der Waals surface area contributed by atoms with Gasteiger partial charge in [-0.3, -0.25) is 14.4 Å². The monoisotopic (exact) mass is 392 g/mol. The van der Waals surface area contributed by atoms with Crippen LogP contribution in [0.25, 0.3) is 0 Å². The summed E-state index contributed by atoms with van der Waals surface area (Å²) in [4.78, 5) is 40.7. The predicted octanol–water partition coefficient (Wildman–Crippen LogP) is 3.99. The number of aliphatic carboxylic acids is 1. The van der Waals surface area contributed by atoms with Gasteiger partial charge in [0.15, 0.2) is 5.92 Å². The summed E-state index contributed by atoms with van der Waals surface area (Å²) in [5.74, 6) is -3.58. The van der Waals surface area contributed by atoms with Gasteiger partial charge in [0.05, 0.1) is 6.10 Å². The molecular weight excluding hydrogens is 360 g/mol. The zero-order valence-electron chi connectivity index (χ0n) is 17.6. The lowest BCUT2D eigenvalue weighted by molar-refractivity contribution is -0.163. The summed E-state index contributed by atoms with van der Waals surface area (Å²) in [6, 6.07) is 3.33. The molecule has 0 radical (unpaired) electrons. The van der Waals surface area contributed by atoms with Gasteiger partial charge in [0.25, 0.3) is 0 Å². The van der Waals surface area contributed by atoms with Crippen molar-refractivity contribution in [3.05, 3.63) is 23.9 Å². The van der Waals surface area contributed by atoms with Gasteiger partial charge in [-0.2, -0.15) is 0 Å². The molecule has 0 aliphatic heterocycles. The number of anilines is 1. The van der Waals surface area contributed by atoms with E-state index in [1.165, 1.54) is 6.20 Å². The molecule has 0 aromatic carbocycles. The van der Waals surface area contributed by atoms with Crippen molar-refractivity contribution in [1.82, 2.24) is 4.98 Å². The number of carbonyl (C=O) groups excluding carboxylic acids is 2. The van der Waals surface area contributed by atoms with Crippen LogP contribution in [0.5, 0.6) is 0 Å². The van der Waals surface area contributed by atoms with Crippen molar-refractivity contribution in [2.24, 2.45) is 11.3 Å². The number of pyridine rings is 1. The van der Waals surface area contributed by atoms with Gasteiger partial charge in [0, 0.05) is 17.5 Å². The molecule has 0 fully saturated rings. The third kappa shape index (κ3) is 6.62. The number of carboxylic acids is 1. The first-order valence-corrected chi connectivity index (χ1v) is 9.71. The van der Waals surface area contributed by atoms with E-state index in [2.05, 4.69) is 10.3 Å². The number of carboxylic acid groups (broad SMARTS) is 1. The van der Waals surface area contributed by atoms with E-state index in [0.29, 0.717) is 30.6 Å². The number of amides is 1. The maximum absolute atomic E-state index is 12.5. The first-order valence-electron chi connectivity index (χ1n) is 9.71. The number of rotatable bonds is 9. The van der Waals surface area contributed by atoms with Crippen LogP contribution in [0.15, 0.2) is 18.3 Å². The highest BCUT2D eigenvalue weighted by atomic mass is 16.5. The Hall–Kier alpha value is -2.44. The molecule has 2 N–H and O–H groups in total. The molecule has 7 nitrogen and oxygen atoms in total. The summed E-state index contributed by atoms with van der Waals surface area (Å²) in [5, 5.41) is 12.4. The SMILES string of the molecule is CCCC(c1ccc(NC(=O)C(C)(C)C)nc1)C(C(=O)O)C(=O)OC(C)CC. The Bertz CT molecular complexity index is 679. The molecule has 1 rings (SSSR count). The summed E-state index contributed by atoms with van der Waals surface area (Å²) in [6.45, 7) is 10.9. The molecule has 0 aliphatic rings. The van der Waals surface area contributed by atoms with Crippen LogP contribution in [-0.2, 0) is 19.1 Å². The second kappa shape index (κ2) is 10.2. The Morgan fingerprint density at radius 2 is 1.86 bits per heavy atom. The van der Waals surface area contributed by atoms with Crippen molar-refractivity contribution in [1.29, 1.82) is 0 Å². The van der Waals surface area contributed by atoms with Crippen molar-refractivity contribution in [3.63, 3.8) is 0 Å². The number of esters is 1. The fourth-order valence-corrected chi connectivity index (χ4v) is 2.63. The number of nitrogens with one attached hydrogen (secondary N) is 1. The molecule has 0 saturated heterocycles. The minimum absolute atomic E-state index is 0.168. The summed E-state index contributed by atoms with van der Waals surface area (Å²) in [6.07, 6.45) is 2.99. The van der Waals surface area contributed by atoms with Gasteiger partial charge in [-0.1, -0.05) is 47.1 Å². The minimum atomic E-state index is -1.30. The largest absolute Gasteiger partial charge is 0.481 e. The van der Waals surface area contributed by atoms with Gasteiger partial charge in [-0.05, 0) is 31.4 Å². The number of aromatic nitrogens is 1. The van der Waals surface area contributed by atoms with Gasteiger partial charge in [0.2, 0.25) is 5.91 Å². The molecule has 28 heavy (non-hydrogen) atoms. The van der Waals surface area contributed by atoms with Gasteiger partial charge >= 0.3 is 11.9 Å². The minimum Gasteiger partial charge on any atom is -0.481 e. The van der Waals surface area contributed by atoms with E-state index >= 15 is 0 Å². The van der Waals surface area contributed by atoms with Gasteiger partial charge in [-0.25, -0.2) is 4.98 Å². The van der Waals surface area contributed by atoms with E-state index < -0.39 is 29.2 Å². The van der Waals surface area contributed by atoms with E-state index in [4.69, 9.17) is 4.74 Å². The normalized spacial score (nSPS) is 14.6. The van der Waals surface area contributed by atoms with Crippen LogP contribution in [0.2, 0.25) is 0 Å². The number of carbonyl (C=O) groups is 3. The molecule has 7 heteroatoms. The fraction of sp³-hybridized carbons (Fsp3) is 0.619. The second-order valence-electron chi connectivity index (χ2n) is 8.05. The van der Waals surface area contributed by atoms with E-state index in [1.807, 2.05) is 13.8 Å². The second-order valence-corrected chi connectivity index (χ2v) is 8.05. The lowest BCUT2D eigenvalue weighted by Gasteiger charge is -2.24. The summed E-state index contributed by atoms with van der Waals surface area (Å²) in [5.41, 5.74) is 0.0725. The van der Waals surface area contributed by atoms with E-state index in [9.17, 15) is 19.5 Å². The standard InChI is InChI=1S/C21H32N2O5/c1-7-9-15(17(18(24)25)19(26)28-13(3)8-2)14-10-11-16(22-12-14)23-20(27)21(4,5)6/h10-13,15,17H,7-9H2,1-6H3,(H,24,25)(H,22,23,27). The molecule has 3 atom stereocenters. The average Bonchev–Trinajstić information content (AvgIpc) is 2.60. The topological polar surface area (TPSA) is 106 Å². The number of hydrogen-bond acceptors (Lipinski definition) is 5. The molecule has 0 aliphatic carbocycles. The van der Waals surface area contributed by atoms with E-state index in [0.717, 1.165) is 0 Å². The molecule has 156 valence electrons. The van der Waals surface area contributed by atoms with Crippen molar-refractivity contribution in [2.45, 2.75) is 72.8 Å². The highest BCUT2D eigenvalue weighted by molar-refractivity contribution is 5.95. The number of hydrogen-bond donors (Lipinski definition) is 2. The third-order valence-corrected chi connectivity index (χ3v) is 4.55. The fourth-order valence-electron chi connectivity index (χ4n) is 2.63. The molecule has 1 amide bonds. The molecule has 3 unspecified atom stereocenters. The Labute approximate surface area is 166 Å². The molecule has 1 aromatic rings. The van der Waals surface area contributed by atoms with E-state index in [1.54, 1.807) is 39.8 Å². The van der Waals surface area contributed by atoms with Gasteiger partial charge in [0.1, 0.15) is 5.82 Å². The van der Waals surface area contributed by atoms with Crippen LogP contribution in [0.3, 0.4) is 0 Å². The summed E-state index contributed by atoms with van der Waals surface area (Å²) >= 11 is 0. The third-order valence-electron chi connectivity index (χ3n) is 4.55. The quantitative estimate of drug-likeness (QED) is 0.486. The Kier molecular flexibility index (Phi) is 8.60.